The fraction of sp³-hybridized carbons (Fsp3) is 0.462. The first-order chi connectivity index (χ1) is 9.43. The van der Waals surface area contributed by atoms with Gasteiger partial charge in [-0.2, -0.15) is 0 Å². The van der Waals surface area contributed by atoms with E-state index in [0.717, 1.165) is 19.3 Å². The molecule has 0 radical (unpaired) electrons. The number of nitrogens with zero attached hydrogens (tertiary/aromatic N) is 1. The van der Waals surface area contributed by atoms with Crippen molar-refractivity contribution in [1.29, 1.82) is 0 Å². The molecule has 0 aliphatic heterocycles. The number of nitrogens with two attached hydrogens (primary N) is 1. The third-order valence-corrected chi connectivity index (χ3v) is 3.45. The van der Waals surface area contributed by atoms with Crippen LogP contribution in [-0.4, -0.2) is 5.84 Å². The summed E-state index contributed by atoms with van der Waals surface area (Å²) in [6.45, 7) is 0. The molecule has 1 saturated carbocycles. The molecule has 0 atom stereocenters. The van der Waals surface area contributed by atoms with E-state index in [0.29, 0.717) is 12.8 Å². The van der Waals surface area contributed by atoms with Gasteiger partial charge in [0.05, 0.1) is 0 Å². The highest BCUT2D eigenvalue weighted by Gasteiger charge is 2.26. The van der Waals surface area contributed by atoms with Gasteiger partial charge in [0.25, 0.3) is 0 Å². The zero-order chi connectivity index (χ0) is 14.9. The van der Waals surface area contributed by atoms with Crippen LogP contribution in [-0.2, 0) is 0 Å². The van der Waals surface area contributed by atoms with Crippen molar-refractivity contribution < 1.29 is 22.0 Å². The van der Waals surface area contributed by atoms with E-state index in [-0.39, 0.29) is 11.8 Å². The first-order valence-corrected chi connectivity index (χ1v) is 6.29. The summed E-state index contributed by atoms with van der Waals surface area (Å²) in [5.41, 5.74) is 4.42. The quantitative estimate of drug-likeness (QED) is 0.289. The molecule has 0 heterocycles. The maximum Gasteiger partial charge on any atom is 0.200 e. The van der Waals surface area contributed by atoms with Gasteiger partial charge in [0.1, 0.15) is 11.5 Å². The van der Waals surface area contributed by atoms with Gasteiger partial charge in [-0.1, -0.05) is 19.3 Å². The highest BCUT2D eigenvalue weighted by molar-refractivity contribution is 5.85. The van der Waals surface area contributed by atoms with Crippen LogP contribution in [0.25, 0.3) is 0 Å². The van der Waals surface area contributed by atoms with E-state index in [1.165, 1.54) is 0 Å². The van der Waals surface area contributed by atoms with E-state index in [1.807, 2.05) is 0 Å². The van der Waals surface area contributed by atoms with E-state index < -0.39 is 34.8 Å². The highest BCUT2D eigenvalue weighted by atomic mass is 19.2. The standard InChI is InChI=1S/C13H13F5N2/c14-7-8(15)10(17)12(11(18)9(7)16)20-13(19)6-4-2-1-3-5-6/h6H,1-5H2,(H2,19,20). The first kappa shape index (κ1) is 14.7. The van der Waals surface area contributed by atoms with E-state index in [2.05, 4.69) is 4.99 Å². The van der Waals surface area contributed by atoms with Crippen molar-refractivity contribution in [2.45, 2.75) is 32.1 Å². The summed E-state index contributed by atoms with van der Waals surface area (Å²) >= 11 is 0. The van der Waals surface area contributed by atoms with E-state index in [9.17, 15) is 22.0 Å². The predicted molar refractivity (Wildman–Crippen MR) is 64.1 cm³/mol. The summed E-state index contributed by atoms with van der Waals surface area (Å²) in [4.78, 5) is 3.44. The third kappa shape index (κ3) is 2.62. The molecular weight excluding hydrogens is 279 g/mol. The zero-order valence-corrected chi connectivity index (χ0v) is 10.5. The number of rotatable bonds is 2. The molecule has 110 valence electrons. The van der Waals surface area contributed by atoms with E-state index in [4.69, 9.17) is 5.73 Å². The molecule has 0 bridgehead atoms. The topological polar surface area (TPSA) is 38.4 Å². The van der Waals surface area contributed by atoms with Gasteiger partial charge in [0.2, 0.25) is 5.82 Å². The van der Waals surface area contributed by atoms with Crippen LogP contribution in [0.3, 0.4) is 0 Å². The fourth-order valence-corrected chi connectivity index (χ4v) is 2.31. The van der Waals surface area contributed by atoms with Crippen LogP contribution in [0, 0.1) is 35.0 Å². The summed E-state index contributed by atoms with van der Waals surface area (Å²) in [5, 5.41) is 0. The summed E-state index contributed by atoms with van der Waals surface area (Å²) in [5.74, 6) is -10.4. The maximum atomic E-state index is 13.4. The molecule has 7 heteroatoms. The Balaban J connectivity index is 2.42. The molecule has 20 heavy (non-hydrogen) atoms. The van der Waals surface area contributed by atoms with Crippen LogP contribution in [0.4, 0.5) is 27.6 Å². The number of aliphatic imine (C=N–C) groups is 1. The Bertz CT molecular complexity index is 521. The number of halogens is 5. The third-order valence-electron chi connectivity index (χ3n) is 3.45. The Morgan fingerprint density at radius 2 is 1.25 bits per heavy atom. The molecule has 1 fully saturated rings. The monoisotopic (exact) mass is 292 g/mol. The van der Waals surface area contributed by atoms with Gasteiger partial charge in [-0.05, 0) is 12.8 Å². The van der Waals surface area contributed by atoms with Gasteiger partial charge in [-0.15, -0.1) is 0 Å². The number of hydrogen-bond donors (Lipinski definition) is 1. The molecule has 0 saturated heterocycles. The van der Waals surface area contributed by atoms with Crippen molar-refractivity contribution >= 4 is 11.5 Å². The lowest BCUT2D eigenvalue weighted by molar-refractivity contribution is 0.380. The average Bonchev–Trinajstić information content (AvgIpc) is 2.48. The predicted octanol–water partition coefficient (Wildman–Crippen LogP) is 3.95. The molecule has 2 rings (SSSR count). The van der Waals surface area contributed by atoms with Gasteiger partial charge in [-0.25, -0.2) is 26.9 Å². The smallest absolute Gasteiger partial charge is 0.200 e. The Morgan fingerprint density at radius 3 is 1.75 bits per heavy atom. The summed E-state index contributed by atoms with van der Waals surface area (Å²) in [6.07, 6.45) is 4.23. The molecule has 1 aliphatic rings. The molecule has 1 aromatic rings. The minimum Gasteiger partial charge on any atom is -0.387 e. The number of hydrogen-bond acceptors (Lipinski definition) is 1. The molecule has 2 N–H and O–H groups in total. The lowest BCUT2D eigenvalue weighted by Gasteiger charge is -2.20. The van der Waals surface area contributed by atoms with Gasteiger partial charge < -0.3 is 5.73 Å². The average molecular weight is 292 g/mol. The Morgan fingerprint density at radius 1 is 0.800 bits per heavy atom. The molecule has 0 aromatic heterocycles. The minimum atomic E-state index is -2.20. The van der Waals surface area contributed by atoms with Crippen LogP contribution in [0.2, 0.25) is 0 Å². The molecule has 1 aliphatic carbocycles. The van der Waals surface area contributed by atoms with Crippen molar-refractivity contribution in [3.8, 4) is 0 Å². The zero-order valence-electron chi connectivity index (χ0n) is 10.5. The van der Waals surface area contributed by atoms with E-state index in [1.54, 1.807) is 0 Å². The molecule has 1 aromatic carbocycles. The van der Waals surface area contributed by atoms with Gasteiger partial charge in [0.15, 0.2) is 23.3 Å². The summed E-state index contributed by atoms with van der Waals surface area (Å²) in [7, 11) is 0. The van der Waals surface area contributed by atoms with Crippen LogP contribution in [0.15, 0.2) is 4.99 Å². The second kappa shape index (κ2) is 5.76. The fourth-order valence-electron chi connectivity index (χ4n) is 2.31. The highest BCUT2D eigenvalue weighted by Crippen LogP contribution is 2.31. The van der Waals surface area contributed by atoms with Crippen molar-refractivity contribution in [3.63, 3.8) is 0 Å². The van der Waals surface area contributed by atoms with Crippen LogP contribution < -0.4 is 5.73 Å². The molecule has 2 nitrogen and oxygen atoms in total. The lowest BCUT2D eigenvalue weighted by atomic mass is 9.88. The lowest BCUT2D eigenvalue weighted by Crippen LogP contribution is -2.25. The van der Waals surface area contributed by atoms with Crippen LogP contribution >= 0.6 is 0 Å². The Hall–Kier alpha value is -1.66. The van der Waals surface area contributed by atoms with Crippen molar-refractivity contribution in [3.05, 3.63) is 29.1 Å². The SMILES string of the molecule is NC(=Nc1c(F)c(F)c(F)c(F)c1F)C1CCCCC1. The van der Waals surface area contributed by atoms with Crippen molar-refractivity contribution in [2.24, 2.45) is 16.6 Å². The van der Waals surface area contributed by atoms with Gasteiger partial charge >= 0.3 is 0 Å². The largest absolute Gasteiger partial charge is 0.387 e. The molecule has 0 unspecified atom stereocenters. The normalized spacial score (nSPS) is 17.6. The second-order valence-corrected chi connectivity index (χ2v) is 4.79. The summed E-state index contributed by atoms with van der Waals surface area (Å²) < 4.78 is 65.8. The van der Waals surface area contributed by atoms with Crippen molar-refractivity contribution in [2.75, 3.05) is 0 Å². The Labute approximate surface area is 112 Å². The molecule has 0 spiro atoms. The maximum absolute atomic E-state index is 13.4. The second-order valence-electron chi connectivity index (χ2n) is 4.79. The number of benzene rings is 1. The number of amidine groups is 1. The van der Waals surface area contributed by atoms with Gasteiger partial charge in [-0.3, -0.25) is 0 Å². The molecule has 0 amide bonds. The van der Waals surface area contributed by atoms with Crippen LogP contribution in [0.1, 0.15) is 32.1 Å². The minimum absolute atomic E-state index is 0.0899. The summed E-state index contributed by atoms with van der Waals surface area (Å²) in [6, 6.07) is 0. The van der Waals surface area contributed by atoms with Gasteiger partial charge in [0, 0.05) is 5.92 Å². The first-order valence-electron chi connectivity index (χ1n) is 6.29. The van der Waals surface area contributed by atoms with Crippen LogP contribution in [0.5, 0.6) is 0 Å². The Kier molecular flexibility index (Phi) is 4.25. The van der Waals surface area contributed by atoms with Crippen molar-refractivity contribution in [1.82, 2.24) is 0 Å². The molecular formula is C13H13F5N2. The van der Waals surface area contributed by atoms with E-state index >= 15 is 0 Å².